The summed E-state index contributed by atoms with van der Waals surface area (Å²) < 4.78 is 14.5. The van der Waals surface area contributed by atoms with Gasteiger partial charge < -0.3 is 4.90 Å². The first-order chi connectivity index (χ1) is 11.5. The van der Waals surface area contributed by atoms with Crippen LogP contribution in [0.1, 0.15) is 16.1 Å². The van der Waals surface area contributed by atoms with Crippen LogP contribution in [-0.2, 0) is 0 Å². The van der Waals surface area contributed by atoms with Crippen LogP contribution in [0.5, 0.6) is 0 Å². The lowest BCUT2D eigenvalue weighted by atomic mass is 10.2. The van der Waals surface area contributed by atoms with E-state index in [4.69, 9.17) is 11.6 Å². The van der Waals surface area contributed by atoms with Crippen LogP contribution in [0.25, 0.3) is 5.69 Å². The fourth-order valence-corrected chi connectivity index (χ4v) is 2.78. The highest BCUT2D eigenvalue weighted by atomic mass is 35.5. The molecule has 0 bridgehead atoms. The van der Waals surface area contributed by atoms with E-state index in [0.29, 0.717) is 16.9 Å². The van der Waals surface area contributed by atoms with Gasteiger partial charge in [-0.15, -0.1) is 0 Å². The lowest BCUT2D eigenvalue weighted by molar-refractivity contribution is 0.0992. The van der Waals surface area contributed by atoms with Crippen LogP contribution < -0.4 is 4.90 Å². The molecule has 3 rings (SSSR count). The fraction of sp³-hybridized carbons (Fsp3) is 0.111. The molecule has 6 heteroatoms. The second kappa shape index (κ2) is 6.45. The molecule has 1 aromatic heterocycles. The summed E-state index contributed by atoms with van der Waals surface area (Å²) in [6.45, 7) is 1.72. The van der Waals surface area contributed by atoms with E-state index in [1.807, 2.05) is 30.3 Å². The lowest BCUT2D eigenvalue weighted by Gasteiger charge is -2.17. The van der Waals surface area contributed by atoms with Gasteiger partial charge in [-0.2, -0.15) is 5.10 Å². The fourth-order valence-electron chi connectivity index (χ4n) is 2.43. The Hall–Kier alpha value is -2.66. The summed E-state index contributed by atoms with van der Waals surface area (Å²) in [6, 6.07) is 15.0. The van der Waals surface area contributed by atoms with Gasteiger partial charge in [-0.05, 0) is 43.3 Å². The second-order valence-corrected chi connectivity index (χ2v) is 5.70. The number of anilines is 1. The molecule has 0 radical (unpaired) electrons. The number of para-hydroxylation sites is 1. The Morgan fingerprint density at radius 1 is 1.12 bits per heavy atom. The number of hydrogen-bond acceptors (Lipinski definition) is 2. The Bertz CT molecular complexity index is 875. The summed E-state index contributed by atoms with van der Waals surface area (Å²) in [5, 5.41) is 4.52. The summed E-state index contributed by atoms with van der Waals surface area (Å²) in [5.74, 6) is -0.601. The lowest BCUT2D eigenvalue weighted by Crippen LogP contribution is -2.26. The van der Waals surface area contributed by atoms with Crippen LogP contribution in [0.3, 0.4) is 0 Å². The molecule has 1 amide bonds. The highest BCUT2D eigenvalue weighted by Crippen LogP contribution is 2.26. The van der Waals surface area contributed by atoms with Crippen molar-refractivity contribution in [1.29, 1.82) is 0 Å². The molecule has 1 heterocycles. The molecule has 0 saturated heterocycles. The number of aryl methyl sites for hydroxylation is 1. The molecular weight excluding hydrogens is 329 g/mol. The predicted molar refractivity (Wildman–Crippen MR) is 92.4 cm³/mol. The molecule has 0 N–H and O–H groups in total. The zero-order chi connectivity index (χ0) is 17.3. The Balaban J connectivity index is 2.00. The maximum Gasteiger partial charge on any atom is 0.263 e. The summed E-state index contributed by atoms with van der Waals surface area (Å²) >= 11 is 6.39. The van der Waals surface area contributed by atoms with Crippen LogP contribution in [0.2, 0.25) is 5.15 Å². The average Bonchev–Trinajstić information content (AvgIpc) is 2.89. The number of hydrogen-bond donors (Lipinski definition) is 0. The largest absolute Gasteiger partial charge is 0.311 e. The Morgan fingerprint density at radius 2 is 1.75 bits per heavy atom. The third-order valence-corrected chi connectivity index (χ3v) is 4.09. The number of halogens is 2. The van der Waals surface area contributed by atoms with Crippen LogP contribution >= 0.6 is 11.6 Å². The minimum Gasteiger partial charge on any atom is -0.311 e. The third-order valence-electron chi connectivity index (χ3n) is 3.74. The highest BCUT2D eigenvalue weighted by Gasteiger charge is 2.24. The van der Waals surface area contributed by atoms with Crippen molar-refractivity contribution in [2.75, 3.05) is 11.9 Å². The summed E-state index contributed by atoms with van der Waals surface area (Å²) in [5.41, 5.74) is 2.18. The maximum absolute atomic E-state index is 13.1. The molecule has 0 aliphatic heterocycles. The van der Waals surface area contributed by atoms with E-state index < -0.39 is 0 Å². The first-order valence-electron chi connectivity index (χ1n) is 7.33. The molecule has 0 aliphatic carbocycles. The normalized spacial score (nSPS) is 10.7. The Kier molecular flexibility index (Phi) is 4.36. The standard InChI is InChI=1S/C18H15ClFN3O/c1-12-16(18(24)22(2)14-6-4-3-5-7-14)17(19)23(21-12)15-10-8-13(20)9-11-15/h3-11H,1-2H3. The van der Waals surface area contributed by atoms with Gasteiger partial charge in [0.1, 0.15) is 16.5 Å². The zero-order valence-electron chi connectivity index (χ0n) is 13.2. The minimum absolute atomic E-state index is 0.201. The molecule has 3 aromatic rings. The van der Waals surface area contributed by atoms with E-state index in [1.165, 1.54) is 21.7 Å². The van der Waals surface area contributed by atoms with Crippen molar-refractivity contribution < 1.29 is 9.18 Å². The van der Waals surface area contributed by atoms with E-state index in [9.17, 15) is 9.18 Å². The van der Waals surface area contributed by atoms with Gasteiger partial charge in [0.25, 0.3) is 5.91 Å². The van der Waals surface area contributed by atoms with Crippen molar-refractivity contribution in [1.82, 2.24) is 9.78 Å². The number of aromatic nitrogens is 2. The Morgan fingerprint density at radius 3 is 2.38 bits per heavy atom. The molecular formula is C18H15ClFN3O. The van der Waals surface area contributed by atoms with E-state index >= 15 is 0 Å². The highest BCUT2D eigenvalue weighted by molar-refractivity contribution is 6.34. The van der Waals surface area contributed by atoms with Gasteiger partial charge in [0.2, 0.25) is 0 Å². The molecule has 0 aliphatic rings. The van der Waals surface area contributed by atoms with Crippen LogP contribution in [-0.4, -0.2) is 22.7 Å². The zero-order valence-corrected chi connectivity index (χ0v) is 14.0. The van der Waals surface area contributed by atoms with Crippen LogP contribution in [0.4, 0.5) is 10.1 Å². The Labute approximate surface area is 144 Å². The summed E-state index contributed by atoms with van der Waals surface area (Å²) in [6.07, 6.45) is 0. The number of benzene rings is 2. The molecule has 4 nitrogen and oxygen atoms in total. The second-order valence-electron chi connectivity index (χ2n) is 5.34. The monoisotopic (exact) mass is 343 g/mol. The number of amides is 1. The van der Waals surface area contributed by atoms with Crippen molar-refractivity contribution in [2.45, 2.75) is 6.92 Å². The van der Waals surface area contributed by atoms with Gasteiger partial charge >= 0.3 is 0 Å². The van der Waals surface area contributed by atoms with E-state index in [2.05, 4.69) is 5.10 Å². The number of nitrogens with zero attached hydrogens (tertiary/aromatic N) is 3. The van der Waals surface area contributed by atoms with Gasteiger partial charge in [0.05, 0.1) is 11.4 Å². The van der Waals surface area contributed by atoms with Gasteiger partial charge in [0, 0.05) is 12.7 Å². The van der Waals surface area contributed by atoms with E-state index in [1.54, 1.807) is 26.1 Å². The van der Waals surface area contributed by atoms with E-state index in [0.717, 1.165) is 5.69 Å². The molecule has 0 atom stereocenters. The maximum atomic E-state index is 13.1. The average molecular weight is 344 g/mol. The number of rotatable bonds is 3. The molecule has 0 spiro atoms. The number of carbonyl (C=O) groups excluding carboxylic acids is 1. The van der Waals surface area contributed by atoms with E-state index in [-0.39, 0.29) is 16.9 Å². The van der Waals surface area contributed by atoms with Crippen LogP contribution in [0, 0.1) is 12.7 Å². The molecule has 0 fully saturated rings. The topological polar surface area (TPSA) is 38.1 Å². The van der Waals surface area contributed by atoms with Crippen LogP contribution in [0.15, 0.2) is 54.6 Å². The summed E-state index contributed by atoms with van der Waals surface area (Å²) in [7, 11) is 1.68. The SMILES string of the molecule is Cc1nn(-c2ccc(F)cc2)c(Cl)c1C(=O)N(C)c1ccccc1. The summed E-state index contributed by atoms with van der Waals surface area (Å²) in [4.78, 5) is 14.3. The van der Waals surface area contributed by atoms with Crippen molar-refractivity contribution in [3.05, 3.63) is 76.8 Å². The van der Waals surface area contributed by atoms with Crippen molar-refractivity contribution >= 4 is 23.2 Å². The minimum atomic E-state index is -0.348. The third kappa shape index (κ3) is 2.90. The molecule has 24 heavy (non-hydrogen) atoms. The molecule has 2 aromatic carbocycles. The van der Waals surface area contributed by atoms with Crippen molar-refractivity contribution in [3.63, 3.8) is 0 Å². The smallest absolute Gasteiger partial charge is 0.263 e. The first kappa shape index (κ1) is 16.2. The number of carbonyl (C=O) groups is 1. The van der Waals surface area contributed by atoms with Crippen molar-refractivity contribution in [2.24, 2.45) is 0 Å². The van der Waals surface area contributed by atoms with Gasteiger partial charge in [-0.25, -0.2) is 9.07 Å². The predicted octanol–water partition coefficient (Wildman–Crippen LogP) is 4.25. The quantitative estimate of drug-likeness (QED) is 0.713. The first-order valence-corrected chi connectivity index (χ1v) is 7.71. The van der Waals surface area contributed by atoms with Gasteiger partial charge in [-0.1, -0.05) is 29.8 Å². The van der Waals surface area contributed by atoms with Gasteiger partial charge in [0.15, 0.2) is 0 Å². The molecule has 0 unspecified atom stereocenters. The molecule has 0 saturated carbocycles. The van der Waals surface area contributed by atoms with Gasteiger partial charge in [-0.3, -0.25) is 4.79 Å². The van der Waals surface area contributed by atoms with Crippen molar-refractivity contribution in [3.8, 4) is 5.69 Å². The molecule has 122 valence electrons.